The lowest BCUT2D eigenvalue weighted by Crippen LogP contribution is -2.48. The predicted molar refractivity (Wildman–Crippen MR) is 135 cm³/mol. The van der Waals surface area contributed by atoms with Gasteiger partial charge in [0.05, 0.1) is 16.6 Å². The number of nitrogens with zero attached hydrogens (tertiary/aromatic N) is 2. The summed E-state index contributed by atoms with van der Waals surface area (Å²) in [5.74, 6) is -0.747. The van der Waals surface area contributed by atoms with Gasteiger partial charge < -0.3 is 24.8 Å². The van der Waals surface area contributed by atoms with Crippen LogP contribution < -0.4 is 19.7 Å². The molecule has 2 aromatic carbocycles. The molecule has 0 spiro atoms. The Hall–Kier alpha value is -3.31. The van der Waals surface area contributed by atoms with E-state index < -0.39 is 22.6 Å². The quantitative estimate of drug-likeness (QED) is 0.491. The van der Waals surface area contributed by atoms with Gasteiger partial charge in [-0.05, 0) is 64.1 Å². The van der Waals surface area contributed by atoms with Gasteiger partial charge in [-0.25, -0.2) is 13.2 Å². The number of hydrogen-bond donors (Lipinski definition) is 2. The Morgan fingerprint density at radius 1 is 1.00 bits per heavy atom. The number of carboxylic acids is 1. The van der Waals surface area contributed by atoms with Gasteiger partial charge in [-0.1, -0.05) is 0 Å². The number of rotatable bonds is 10. The molecule has 11 heteroatoms. The number of carboxylic acid groups (broad SMARTS) is 1. The molecule has 1 aliphatic heterocycles. The van der Waals surface area contributed by atoms with Gasteiger partial charge in [-0.3, -0.25) is 4.79 Å². The van der Waals surface area contributed by atoms with Crippen molar-refractivity contribution in [2.24, 2.45) is 0 Å². The zero-order valence-corrected chi connectivity index (χ0v) is 21.7. The molecule has 3 rings (SSSR count). The molecule has 36 heavy (non-hydrogen) atoms. The number of carbonyl (C=O) groups is 2. The first-order chi connectivity index (χ1) is 17.0. The highest BCUT2D eigenvalue weighted by Gasteiger charge is 2.29. The fraction of sp³-hybridized carbons (Fsp3) is 0.440. The molecule has 0 aliphatic carbocycles. The summed E-state index contributed by atoms with van der Waals surface area (Å²) in [7, 11) is -3.66. The van der Waals surface area contributed by atoms with Crippen LogP contribution in [0.5, 0.6) is 11.5 Å². The van der Waals surface area contributed by atoms with Crippen molar-refractivity contribution in [3.63, 3.8) is 0 Å². The predicted octanol–water partition coefficient (Wildman–Crippen LogP) is 2.59. The zero-order valence-electron chi connectivity index (χ0n) is 20.9. The Morgan fingerprint density at radius 3 is 2.19 bits per heavy atom. The molecule has 10 nitrogen and oxygen atoms in total. The summed E-state index contributed by atoms with van der Waals surface area (Å²) in [6.45, 7) is 8.25. The first-order valence-electron chi connectivity index (χ1n) is 11.8. The zero-order chi connectivity index (χ0) is 26.5. The number of ether oxygens (including phenoxy) is 2. The van der Waals surface area contributed by atoms with E-state index >= 15 is 0 Å². The second-order valence-electron chi connectivity index (χ2n) is 9.02. The van der Waals surface area contributed by atoms with Gasteiger partial charge in [-0.15, -0.1) is 0 Å². The van der Waals surface area contributed by atoms with Gasteiger partial charge in [0.25, 0.3) is 5.91 Å². The minimum absolute atomic E-state index is 0.00534. The van der Waals surface area contributed by atoms with E-state index in [1.165, 1.54) is 4.31 Å². The summed E-state index contributed by atoms with van der Waals surface area (Å²) < 4.78 is 38.7. The van der Waals surface area contributed by atoms with Crippen LogP contribution in [0.4, 0.5) is 5.69 Å². The van der Waals surface area contributed by atoms with E-state index in [9.17, 15) is 18.0 Å². The molecule has 0 saturated carbocycles. The number of benzene rings is 2. The van der Waals surface area contributed by atoms with E-state index in [1.807, 2.05) is 32.6 Å². The van der Waals surface area contributed by atoms with Crippen molar-refractivity contribution in [2.75, 3.05) is 37.7 Å². The lowest BCUT2D eigenvalue weighted by atomic mass is 10.1. The van der Waals surface area contributed by atoms with Gasteiger partial charge in [0.15, 0.2) is 6.61 Å². The molecule has 1 heterocycles. The van der Waals surface area contributed by atoms with Gasteiger partial charge >= 0.3 is 5.97 Å². The highest BCUT2D eigenvalue weighted by molar-refractivity contribution is 7.89. The normalized spacial score (nSPS) is 14.7. The Labute approximate surface area is 211 Å². The fourth-order valence-electron chi connectivity index (χ4n) is 3.79. The number of sulfonamides is 1. The molecule has 1 saturated heterocycles. The number of hydrogen-bond acceptors (Lipinski definition) is 7. The number of amides is 1. The Morgan fingerprint density at radius 2 is 1.64 bits per heavy atom. The second kappa shape index (κ2) is 11.6. The monoisotopic (exact) mass is 519 g/mol. The van der Waals surface area contributed by atoms with E-state index in [1.54, 1.807) is 42.5 Å². The number of aliphatic carboxylic acids is 1. The number of nitrogens with one attached hydrogen (secondary N) is 1. The lowest BCUT2D eigenvalue weighted by molar-refractivity contribution is -0.139. The van der Waals surface area contributed by atoms with Crippen LogP contribution >= 0.6 is 0 Å². The van der Waals surface area contributed by atoms with E-state index in [0.717, 1.165) is 0 Å². The van der Waals surface area contributed by atoms with Crippen LogP contribution in [-0.2, 0) is 14.8 Å². The third kappa shape index (κ3) is 6.88. The summed E-state index contributed by atoms with van der Waals surface area (Å²) in [5, 5.41) is 11.8. The van der Waals surface area contributed by atoms with E-state index in [0.29, 0.717) is 24.5 Å². The van der Waals surface area contributed by atoms with Crippen LogP contribution in [0, 0.1) is 0 Å². The molecule has 196 valence electrons. The molecule has 0 unspecified atom stereocenters. The largest absolute Gasteiger partial charge is 0.491 e. The Balaban J connectivity index is 1.72. The van der Waals surface area contributed by atoms with Crippen molar-refractivity contribution in [2.45, 2.75) is 44.7 Å². The molecule has 1 amide bonds. The molecule has 0 bridgehead atoms. The lowest BCUT2D eigenvalue weighted by Gasteiger charge is -2.35. The summed E-state index contributed by atoms with van der Waals surface area (Å²) in [6.07, 6.45) is -0.00534. The van der Waals surface area contributed by atoms with Crippen molar-refractivity contribution in [3.8, 4) is 11.5 Å². The molecular weight excluding hydrogens is 486 g/mol. The smallest absolute Gasteiger partial charge is 0.341 e. The van der Waals surface area contributed by atoms with E-state index in [4.69, 9.17) is 14.6 Å². The Kier molecular flexibility index (Phi) is 8.80. The van der Waals surface area contributed by atoms with Crippen LogP contribution in [0.1, 0.15) is 38.1 Å². The molecule has 0 atom stereocenters. The van der Waals surface area contributed by atoms with E-state index in [2.05, 4.69) is 5.32 Å². The van der Waals surface area contributed by atoms with Crippen LogP contribution in [0.15, 0.2) is 47.4 Å². The van der Waals surface area contributed by atoms with Crippen molar-refractivity contribution in [1.29, 1.82) is 0 Å². The molecule has 1 aliphatic rings. The van der Waals surface area contributed by atoms with Crippen molar-refractivity contribution >= 4 is 27.6 Å². The SMILES string of the molecule is CC(C)NC(=O)c1ccc(N2CCN(S(=O)(=O)c3ccc(OC(C)C)cc3)CC2)cc1OCC(=O)O. The van der Waals surface area contributed by atoms with Crippen LogP contribution in [0.2, 0.25) is 0 Å². The van der Waals surface area contributed by atoms with Crippen molar-refractivity contribution in [3.05, 3.63) is 48.0 Å². The first-order valence-corrected chi connectivity index (χ1v) is 13.2. The summed E-state index contributed by atoms with van der Waals surface area (Å²) in [4.78, 5) is 25.7. The van der Waals surface area contributed by atoms with Gasteiger partial charge in [-0.2, -0.15) is 4.31 Å². The number of carbonyl (C=O) groups excluding carboxylic acids is 1. The summed E-state index contributed by atoms with van der Waals surface area (Å²) in [6, 6.07) is 11.3. The molecule has 0 radical (unpaired) electrons. The van der Waals surface area contributed by atoms with Crippen molar-refractivity contribution < 1.29 is 32.6 Å². The molecule has 2 N–H and O–H groups in total. The highest BCUT2D eigenvalue weighted by atomic mass is 32.2. The van der Waals surface area contributed by atoms with Crippen molar-refractivity contribution in [1.82, 2.24) is 9.62 Å². The second-order valence-corrected chi connectivity index (χ2v) is 11.0. The first kappa shape index (κ1) is 27.3. The van der Waals surface area contributed by atoms with Crippen LogP contribution in [-0.4, -0.2) is 74.6 Å². The third-order valence-electron chi connectivity index (χ3n) is 5.42. The minimum Gasteiger partial charge on any atom is -0.491 e. The molecule has 0 aromatic heterocycles. The summed E-state index contributed by atoms with van der Waals surface area (Å²) in [5.41, 5.74) is 0.948. The molecular formula is C25H33N3O7S. The maximum atomic E-state index is 13.1. The highest BCUT2D eigenvalue weighted by Crippen LogP contribution is 2.28. The minimum atomic E-state index is -3.66. The summed E-state index contributed by atoms with van der Waals surface area (Å²) >= 11 is 0. The van der Waals surface area contributed by atoms with Gasteiger partial charge in [0.2, 0.25) is 10.0 Å². The Bertz CT molecular complexity index is 1170. The van der Waals surface area contributed by atoms with Gasteiger partial charge in [0, 0.05) is 44.0 Å². The van der Waals surface area contributed by atoms with Gasteiger partial charge in [0.1, 0.15) is 11.5 Å². The average molecular weight is 520 g/mol. The maximum Gasteiger partial charge on any atom is 0.341 e. The fourth-order valence-corrected chi connectivity index (χ4v) is 5.21. The van der Waals surface area contributed by atoms with Crippen LogP contribution in [0.3, 0.4) is 0 Å². The maximum absolute atomic E-state index is 13.1. The van der Waals surface area contributed by atoms with Crippen LogP contribution in [0.25, 0.3) is 0 Å². The topological polar surface area (TPSA) is 125 Å². The molecule has 1 fully saturated rings. The van der Waals surface area contributed by atoms with E-state index in [-0.39, 0.29) is 47.4 Å². The standard InChI is InChI=1S/C25H33N3O7S/c1-17(2)26-25(31)22-10-5-19(15-23(22)34-16-24(29)30)27-11-13-28(14-12-27)36(32,33)21-8-6-20(7-9-21)35-18(3)4/h5-10,15,17-18H,11-14,16H2,1-4H3,(H,26,31)(H,29,30). The molecule has 2 aromatic rings. The third-order valence-corrected chi connectivity index (χ3v) is 7.33. The number of piperazine rings is 1. The number of anilines is 1. The average Bonchev–Trinajstić information content (AvgIpc) is 2.82.